The lowest BCUT2D eigenvalue weighted by molar-refractivity contribution is 0.175. The third-order valence-corrected chi connectivity index (χ3v) is 3.28. The van der Waals surface area contributed by atoms with E-state index in [-0.39, 0.29) is 11.9 Å². The number of hydrogen-bond donors (Lipinski definition) is 1. The molecule has 0 radical (unpaired) electrons. The van der Waals surface area contributed by atoms with Gasteiger partial charge in [0.15, 0.2) is 0 Å². The van der Waals surface area contributed by atoms with Crippen LogP contribution in [0.4, 0.5) is 4.39 Å². The van der Waals surface area contributed by atoms with E-state index in [1.54, 1.807) is 6.07 Å². The second-order valence-corrected chi connectivity index (χ2v) is 4.78. The number of hydrogen-bond acceptors (Lipinski definition) is 2. The van der Waals surface area contributed by atoms with Gasteiger partial charge in [-0.1, -0.05) is 6.07 Å². The Labute approximate surface area is 96.8 Å². The summed E-state index contributed by atoms with van der Waals surface area (Å²) in [5, 5.41) is 9.35. The highest BCUT2D eigenvalue weighted by molar-refractivity contribution is 9.10. The molecule has 1 saturated heterocycles. The molecule has 1 fully saturated rings. The highest BCUT2D eigenvalue weighted by Gasteiger charge is 2.20. The number of β-amino-alcohol motifs (C(OH)–C–C–N with tert-alkyl or cyclic N) is 1. The topological polar surface area (TPSA) is 23.5 Å². The van der Waals surface area contributed by atoms with Gasteiger partial charge in [-0.25, -0.2) is 4.39 Å². The van der Waals surface area contributed by atoms with Crippen molar-refractivity contribution >= 4 is 15.9 Å². The van der Waals surface area contributed by atoms with E-state index in [4.69, 9.17) is 0 Å². The van der Waals surface area contributed by atoms with Crippen LogP contribution in [0.15, 0.2) is 22.7 Å². The van der Waals surface area contributed by atoms with Crippen LogP contribution in [-0.2, 0) is 6.54 Å². The first-order chi connectivity index (χ1) is 7.15. The lowest BCUT2D eigenvalue weighted by atomic mass is 10.2. The van der Waals surface area contributed by atoms with E-state index in [0.717, 1.165) is 18.5 Å². The molecule has 1 heterocycles. The normalized spacial score (nSPS) is 22.2. The molecule has 1 aliphatic heterocycles. The summed E-state index contributed by atoms with van der Waals surface area (Å²) >= 11 is 3.12. The molecule has 2 rings (SSSR count). The van der Waals surface area contributed by atoms with Crippen LogP contribution in [0.2, 0.25) is 0 Å². The lowest BCUT2D eigenvalue weighted by Gasteiger charge is -2.14. The molecule has 1 N–H and O–H groups in total. The fraction of sp³-hybridized carbons (Fsp3) is 0.455. The summed E-state index contributed by atoms with van der Waals surface area (Å²) < 4.78 is 13.7. The zero-order valence-corrected chi connectivity index (χ0v) is 9.87. The largest absolute Gasteiger partial charge is 0.392 e. The van der Waals surface area contributed by atoms with Gasteiger partial charge in [0.05, 0.1) is 10.6 Å². The molecular formula is C11H13BrFNO. The number of nitrogens with zero attached hydrogens (tertiary/aromatic N) is 1. The minimum atomic E-state index is -0.229. The van der Waals surface area contributed by atoms with E-state index >= 15 is 0 Å². The zero-order chi connectivity index (χ0) is 10.8. The molecule has 0 amide bonds. The number of likely N-dealkylation sites (tertiary alicyclic amines) is 1. The van der Waals surface area contributed by atoms with Crippen molar-refractivity contribution in [2.24, 2.45) is 0 Å². The predicted octanol–water partition coefficient (Wildman–Crippen LogP) is 2.15. The summed E-state index contributed by atoms with van der Waals surface area (Å²) in [4.78, 5) is 2.13. The van der Waals surface area contributed by atoms with Crippen molar-refractivity contribution in [3.05, 3.63) is 34.1 Å². The smallest absolute Gasteiger partial charge is 0.137 e. The number of rotatable bonds is 2. The Morgan fingerprint density at radius 2 is 2.33 bits per heavy atom. The van der Waals surface area contributed by atoms with Gasteiger partial charge < -0.3 is 5.11 Å². The lowest BCUT2D eigenvalue weighted by Crippen LogP contribution is -2.21. The van der Waals surface area contributed by atoms with Gasteiger partial charge in [0.1, 0.15) is 5.82 Å². The Bertz CT molecular complexity index is 358. The third kappa shape index (κ3) is 2.77. The van der Waals surface area contributed by atoms with Gasteiger partial charge in [-0.2, -0.15) is 0 Å². The summed E-state index contributed by atoms with van der Waals surface area (Å²) in [7, 11) is 0. The summed E-state index contributed by atoms with van der Waals surface area (Å²) in [6, 6.07) is 5.16. The maximum absolute atomic E-state index is 13.2. The van der Waals surface area contributed by atoms with Crippen molar-refractivity contribution in [2.45, 2.75) is 19.1 Å². The summed E-state index contributed by atoms with van der Waals surface area (Å²) in [5.74, 6) is -0.229. The van der Waals surface area contributed by atoms with Crippen LogP contribution < -0.4 is 0 Å². The predicted molar refractivity (Wildman–Crippen MR) is 60.0 cm³/mol. The number of aliphatic hydroxyl groups excluding tert-OH is 1. The summed E-state index contributed by atoms with van der Waals surface area (Å²) in [5.41, 5.74) is 0.949. The fourth-order valence-corrected chi connectivity index (χ4v) is 2.10. The molecule has 1 atom stereocenters. The van der Waals surface area contributed by atoms with E-state index in [0.29, 0.717) is 17.6 Å². The molecule has 0 spiro atoms. The quantitative estimate of drug-likeness (QED) is 0.893. The molecule has 0 aliphatic carbocycles. The van der Waals surface area contributed by atoms with Crippen LogP contribution in [0.25, 0.3) is 0 Å². The van der Waals surface area contributed by atoms with Gasteiger partial charge in [0.25, 0.3) is 0 Å². The fourth-order valence-electron chi connectivity index (χ4n) is 1.85. The number of aliphatic hydroxyl groups is 1. The average Bonchev–Trinajstić information content (AvgIpc) is 2.58. The average molecular weight is 274 g/mol. The third-order valence-electron chi connectivity index (χ3n) is 2.64. The van der Waals surface area contributed by atoms with Gasteiger partial charge in [-0.3, -0.25) is 4.90 Å². The molecule has 2 nitrogen and oxygen atoms in total. The maximum Gasteiger partial charge on any atom is 0.137 e. The molecule has 82 valence electrons. The van der Waals surface area contributed by atoms with Gasteiger partial charge >= 0.3 is 0 Å². The number of benzene rings is 1. The zero-order valence-electron chi connectivity index (χ0n) is 8.29. The Morgan fingerprint density at radius 3 is 2.93 bits per heavy atom. The Kier molecular flexibility index (Phi) is 3.38. The van der Waals surface area contributed by atoms with E-state index in [9.17, 15) is 9.50 Å². The van der Waals surface area contributed by atoms with E-state index in [1.807, 2.05) is 6.07 Å². The second-order valence-electron chi connectivity index (χ2n) is 3.93. The van der Waals surface area contributed by atoms with Crippen molar-refractivity contribution in [1.82, 2.24) is 4.90 Å². The molecule has 0 saturated carbocycles. The van der Waals surface area contributed by atoms with E-state index in [1.165, 1.54) is 6.07 Å². The SMILES string of the molecule is O[C@H]1CCN(Cc2ccc(Br)c(F)c2)C1. The van der Waals surface area contributed by atoms with Crippen LogP contribution in [0.1, 0.15) is 12.0 Å². The van der Waals surface area contributed by atoms with Crippen molar-refractivity contribution in [2.75, 3.05) is 13.1 Å². The molecule has 1 aromatic rings. The van der Waals surface area contributed by atoms with Crippen LogP contribution >= 0.6 is 15.9 Å². The van der Waals surface area contributed by atoms with Gasteiger partial charge in [-0.15, -0.1) is 0 Å². The minimum Gasteiger partial charge on any atom is -0.392 e. The molecule has 15 heavy (non-hydrogen) atoms. The Hall–Kier alpha value is -0.450. The number of halogens is 2. The molecule has 0 unspecified atom stereocenters. The van der Waals surface area contributed by atoms with Crippen molar-refractivity contribution in [3.8, 4) is 0 Å². The monoisotopic (exact) mass is 273 g/mol. The van der Waals surface area contributed by atoms with Crippen LogP contribution in [0.5, 0.6) is 0 Å². The molecule has 4 heteroatoms. The Balaban J connectivity index is 2.02. The first-order valence-corrected chi connectivity index (χ1v) is 5.79. The van der Waals surface area contributed by atoms with Gasteiger partial charge in [0, 0.05) is 19.6 Å². The summed E-state index contributed by atoms with van der Waals surface area (Å²) in [6.07, 6.45) is 0.601. The molecular weight excluding hydrogens is 261 g/mol. The molecule has 0 bridgehead atoms. The highest BCUT2D eigenvalue weighted by Crippen LogP contribution is 2.19. The first kappa shape index (κ1) is 11.0. The Morgan fingerprint density at radius 1 is 1.53 bits per heavy atom. The first-order valence-electron chi connectivity index (χ1n) is 4.99. The standard InChI is InChI=1S/C11H13BrFNO/c12-10-2-1-8(5-11(10)13)6-14-4-3-9(15)7-14/h1-2,5,9,15H,3-4,6-7H2/t9-/m0/s1. The molecule has 0 aromatic heterocycles. The van der Waals surface area contributed by atoms with Gasteiger partial charge in [-0.05, 0) is 40.0 Å². The van der Waals surface area contributed by atoms with Crippen LogP contribution in [0, 0.1) is 5.82 Å². The van der Waals surface area contributed by atoms with E-state index in [2.05, 4.69) is 20.8 Å². The molecule has 1 aromatic carbocycles. The minimum absolute atomic E-state index is 0.217. The van der Waals surface area contributed by atoms with Gasteiger partial charge in [0.2, 0.25) is 0 Å². The van der Waals surface area contributed by atoms with Crippen molar-refractivity contribution in [1.29, 1.82) is 0 Å². The highest BCUT2D eigenvalue weighted by atomic mass is 79.9. The van der Waals surface area contributed by atoms with E-state index < -0.39 is 0 Å². The maximum atomic E-state index is 13.2. The van der Waals surface area contributed by atoms with Crippen LogP contribution in [-0.4, -0.2) is 29.2 Å². The summed E-state index contributed by atoms with van der Waals surface area (Å²) in [6.45, 7) is 2.29. The van der Waals surface area contributed by atoms with Crippen molar-refractivity contribution in [3.63, 3.8) is 0 Å². The van der Waals surface area contributed by atoms with Crippen molar-refractivity contribution < 1.29 is 9.50 Å². The van der Waals surface area contributed by atoms with Crippen LogP contribution in [0.3, 0.4) is 0 Å². The second kappa shape index (κ2) is 4.60. The molecule has 1 aliphatic rings.